The van der Waals surface area contributed by atoms with E-state index in [2.05, 4.69) is 10.3 Å². The number of nitrogens with one attached hydrogen (secondary N) is 1. The first-order valence-electron chi connectivity index (χ1n) is 10.9. The van der Waals surface area contributed by atoms with Crippen molar-refractivity contribution in [3.63, 3.8) is 0 Å². The summed E-state index contributed by atoms with van der Waals surface area (Å²) in [6, 6.07) is 18.5. The SMILES string of the molecule is COc1ccc([C@H]2Oc3ccc(Cl)cc3C3=C2[C@H](c2ccc(Cl)cc2Cl)n2nc(C)nc2N3)cc1. The van der Waals surface area contributed by atoms with Crippen LogP contribution >= 0.6 is 34.8 Å². The Labute approximate surface area is 217 Å². The molecule has 0 fully saturated rings. The van der Waals surface area contributed by atoms with E-state index in [0.717, 1.165) is 33.7 Å². The van der Waals surface area contributed by atoms with Gasteiger partial charge in [0, 0.05) is 26.2 Å². The van der Waals surface area contributed by atoms with E-state index in [0.29, 0.717) is 32.6 Å². The van der Waals surface area contributed by atoms with Crippen molar-refractivity contribution < 1.29 is 9.47 Å². The number of aromatic nitrogens is 3. The number of methoxy groups -OCH3 is 1. The number of aryl methyl sites for hydroxylation is 1. The van der Waals surface area contributed by atoms with Gasteiger partial charge in [-0.3, -0.25) is 0 Å². The number of benzene rings is 3. The van der Waals surface area contributed by atoms with Gasteiger partial charge in [0.25, 0.3) is 0 Å². The predicted molar refractivity (Wildman–Crippen MR) is 138 cm³/mol. The Morgan fingerprint density at radius 1 is 0.971 bits per heavy atom. The van der Waals surface area contributed by atoms with Gasteiger partial charge in [0.2, 0.25) is 5.95 Å². The van der Waals surface area contributed by atoms with E-state index in [-0.39, 0.29) is 0 Å². The molecule has 0 saturated heterocycles. The van der Waals surface area contributed by atoms with Crippen LogP contribution in [0.2, 0.25) is 15.1 Å². The van der Waals surface area contributed by atoms with Gasteiger partial charge in [-0.15, -0.1) is 0 Å². The van der Waals surface area contributed by atoms with Gasteiger partial charge >= 0.3 is 0 Å². The minimum absolute atomic E-state index is 0.397. The normalized spacial score (nSPS) is 18.2. The second-order valence-corrected chi connectivity index (χ2v) is 9.64. The van der Waals surface area contributed by atoms with Crippen LogP contribution in [-0.4, -0.2) is 21.9 Å². The highest BCUT2D eigenvalue weighted by Gasteiger charge is 2.42. The maximum Gasteiger partial charge on any atom is 0.226 e. The molecular formula is C26H19Cl3N4O2. The fraction of sp³-hybridized carbons (Fsp3) is 0.154. The molecular weight excluding hydrogens is 507 g/mol. The second-order valence-electron chi connectivity index (χ2n) is 8.36. The Morgan fingerprint density at radius 3 is 2.46 bits per heavy atom. The molecule has 0 unspecified atom stereocenters. The molecule has 0 aliphatic carbocycles. The maximum atomic E-state index is 6.76. The van der Waals surface area contributed by atoms with Gasteiger partial charge in [-0.25, -0.2) is 4.68 Å². The first-order chi connectivity index (χ1) is 16.9. The molecule has 0 radical (unpaired) electrons. The van der Waals surface area contributed by atoms with Gasteiger partial charge < -0.3 is 14.8 Å². The maximum absolute atomic E-state index is 6.76. The minimum atomic E-state index is -0.438. The number of hydrogen-bond acceptors (Lipinski definition) is 5. The standard InChI is InChI=1S/C26H19Cl3N4O2/c1-13-30-26-31-23-19-11-15(27)6-10-21(19)35-25(14-3-7-17(34-2)8-4-14)22(23)24(33(26)32-13)18-9-5-16(28)12-20(18)29/h3-12,24-25H,1-2H3,(H,30,31,32)/t24-,25+/m0/s1. The zero-order chi connectivity index (χ0) is 24.3. The average Bonchev–Trinajstić information content (AvgIpc) is 3.22. The van der Waals surface area contributed by atoms with Crippen LogP contribution in [0.25, 0.3) is 5.70 Å². The van der Waals surface area contributed by atoms with Crippen LogP contribution < -0.4 is 14.8 Å². The Hall–Kier alpha value is -3.19. The number of rotatable bonds is 3. The average molecular weight is 526 g/mol. The number of ether oxygens (including phenoxy) is 2. The highest BCUT2D eigenvalue weighted by molar-refractivity contribution is 6.35. The van der Waals surface area contributed by atoms with E-state index in [9.17, 15) is 0 Å². The van der Waals surface area contributed by atoms with Crippen molar-refractivity contribution in [1.82, 2.24) is 14.8 Å². The van der Waals surface area contributed by atoms with E-state index in [1.54, 1.807) is 13.2 Å². The van der Waals surface area contributed by atoms with E-state index in [1.807, 2.05) is 66.2 Å². The molecule has 1 N–H and O–H groups in total. The number of hydrogen-bond donors (Lipinski definition) is 1. The zero-order valence-electron chi connectivity index (χ0n) is 18.7. The molecule has 2 aliphatic rings. The van der Waals surface area contributed by atoms with Crippen LogP contribution in [0.15, 0.2) is 66.2 Å². The van der Waals surface area contributed by atoms with Crippen LogP contribution in [0, 0.1) is 6.92 Å². The molecule has 9 heteroatoms. The molecule has 4 aromatic rings. The third-order valence-electron chi connectivity index (χ3n) is 6.22. The molecule has 3 aromatic carbocycles. The summed E-state index contributed by atoms with van der Waals surface area (Å²) in [5.41, 5.74) is 4.44. The summed E-state index contributed by atoms with van der Waals surface area (Å²) in [7, 11) is 1.64. The van der Waals surface area contributed by atoms with Crippen molar-refractivity contribution in [2.45, 2.75) is 19.1 Å². The van der Waals surface area contributed by atoms with Gasteiger partial charge in [0.1, 0.15) is 29.5 Å². The predicted octanol–water partition coefficient (Wildman–Crippen LogP) is 7.12. The molecule has 0 amide bonds. The first kappa shape index (κ1) is 22.3. The van der Waals surface area contributed by atoms with Crippen LogP contribution in [0.3, 0.4) is 0 Å². The Bertz CT molecular complexity index is 1500. The van der Waals surface area contributed by atoms with Crippen molar-refractivity contribution in [3.8, 4) is 11.5 Å². The molecule has 2 aliphatic heterocycles. The highest BCUT2D eigenvalue weighted by Crippen LogP contribution is 2.52. The first-order valence-corrected chi connectivity index (χ1v) is 12.1. The Balaban J connectivity index is 1.64. The highest BCUT2D eigenvalue weighted by atomic mass is 35.5. The van der Waals surface area contributed by atoms with Crippen molar-refractivity contribution in [2.24, 2.45) is 0 Å². The summed E-state index contributed by atoms with van der Waals surface area (Å²) in [5.74, 6) is 2.72. The van der Waals surface area contributed by atoms with Crippen LogP contribution in [0.5, 0.6) is 11.5 Å². The van der Waals surface area contributed by atoms with Crippen molar-refractivity contribution >= 4 is 46.4 Å². The summed E-state index contributed by atoms with van der Waals surface area (Å²) in [4.78, 5) is 4.63. The molecule has 35 heavy (non-hydrogen) atoms. The van der Waals surface area contributed by atoms with Crippen LogP contribution in [0.1, 0.15) is 34.7 Å². The minimum Gasteiger partial charge on any atom is -0.497 e. The molecule has 0 spiro atoms. The van der Waals surface area contributed by atoms with E-state index in [4.69, 9.17) is 49.4 Å². The third-order valence-corrected chi connectivity index (χ3v) is 7.01. The van der Waals surface area contributed by atoms with Gasteiger partial charge in [-0.1, -0.05) is 53.0 Å². The number of nitrogens with zero attached hydrogens (tertiary/aromatic N) is 3. The van der Waals surface area contributed by atoms with Gasteiger partial charge in [0.05, 0.1) is 12.8 Å². The summed E-state index contributed by atoms with van der Waals surface area (Å²) in [6.45, 7) is 1.86. The second kappa shape index (κ2) is 8.48. The van der Waals surface area contributed by atoms with Gasteiger partial charge in [-0.05, 0) is 60.5 Å². The lowest BCUT2D eigenvalue weighted by atomic mass is 9.84. The van der Waals surface area contributed by atoms with Crippen LogP contribution in [0.4, 0.5) is 5.95 Å². The molecule has 3 heterocycles. The number of fused-ring (bicyclic) bond motifs is 3. The van der Waals surface area contributed by atoms with Gasteiger partial charge in [0.15, 0.2) is 0 Å². The largest absolute Gasteiger partial charge is 0.497 e. The Kier molecular flexibility index (Phi) is 5.40. The van der Waals surface area contributed by atoms with E-state index in [1.165, 1.54) is 0 Å². The summed E-state index contributed by atoms with van der Waals surface area (Å²) in [5, 5.41) is 9.89. The van der Waals surface area contributed by atoms with Crippen molar-refractivity contribution in [2.75, 3.05) is 12.4 Å². The van der Waals surface area contributed by atoms with E-state index < -0.39 is 12.1 Å². The summed E-state index contributed by atoms with van der Waals surface area (Å²) in [6.07, 6.45) is -0.438. The molecule has 0 bridgehead atoms. The number of anilines is 1. The van der Waals surface area contributed by atoms with Crippen LogP contribution in [-0.2, 0) is 0 Å². The van der Waals surface area contributed by atoms with E-state index >= 15 is 0 Å². The lowest BCUT2D eigenvalue weighted by molar-refractivity contribution is 0.223. The molecule has 2 atom stereocenters. The quantitative estimate of drug-likeness (QED) is 0.309. The molecule has 6 rings (SSSR count). The molecule has 6 nitrogen and oxygen atoms in total. The fourth-order valence-electron chi connectivity index (χ4n) is 4.68. The zero-order valence-corrected chi connectivity index (χ0v) is 21.0. The topological polar surface area (TPSA) is 61.2 Å². The lowest BCUT2D eigenvalue weighted by Gasteiger charge is -2.39. The summed E-state index contributed by atoms with van der Waals surface area (Å²) >= 11 is 19.4. The smallest absolute Gasteiger partial charge is 0.226 e. The molecule has 1 aromatic heterocycles. The molecule has 0 saturated carbocycles. The summed E-state index contributed by atoms with van der Waals surface area (Å²) < 4.78 is 13.8. The monoisotopic (exact) mass is 524 g/mol. The Morgan fingerprint density at radius 2 is 1.71 bits per heavy atom. The fourth-order valence-corrected chi connectivity index (χ4v) is 5.37. The molecule has 176 valence electrons. The third kappa shape index (κ3) is 3.73. The van der Waals surface area contributed by atoms with Crippen molar-refractivity contribution in [3.05, 3.63) is 104 Å². The van der Waals surface area contributed by atoms with Crippen molar-refractivity contribution in [1.29, 1.82) is 0 Å². The lowest BCUT2D eigenvalue weighted by Crippen LogP contribution is -2.32. The number of halogens is 3. The van der Waals surface area contributed by atoms with Gasteiger partial charge in [-0.2, -0.15) is 10.1 Å².